The van der Waals surface area contributed by atoms with Crippen LogP contribution in [0.5, 0.6) is 0 Å². The minimum absolute atomic E-state index is 0.191. The molecule has 0 saturated carbocycles. The summed E-state index contributed by atoms with van der Waals surface area (Å²) in [7, 11) is 0. The highest BCUT2D eigenvalue weighted by Crippen LogP contribution is 2.20. The molecule has 1 heterocycles. The summed E-state index contributed by atoms with van der Waals surface area (Å²) < 4.78 is 0. The van der Waals surface area contributed by atoms with E-state index < -0.39 is 0 Å². The first-order valence-electron chi connectivity index (χ1n) is 5.13. The van der Waals surface area contributed by atoms with Crippen molar-refractivity contribution in [3.05, 3.63) is 28.8 Å². The van der Waals surface area contributed by atoms with E-state index in [9.17, 15) is 9.59 Å². The molecule has 2 amide bonds. The van der Waals surface area contributed by atoms with E-state index in [1.54, 1.807) is 23.1 Å². The number of anilines is 1. The van der Waals surface area contributed by atoms with E-state index >= 15 is 0 Å². The molecular formula is C11H12ClN3O2. The molecule has 1 aromatic carbocycles. The standard InChI is InChI=1S/C11H12ClN3O2/c12-9-2-1-8(13)3-7(9)4-15-5-10(16)14-11(17)6-15/h1-3H,4-6,13H2,(H,14,16,17). The predicted molar refractivity (Wildman–Crippen MR) is 64.3 cm³/mol. The number of piperazine rings is 1. The van der Waals surface area contributed by atoms with E-state index in [1.807, 2.05) is 0 Å². The molecule has 2 rings (SSSR count). The minimum atomic E-state index is -0.290. The molecule has 1 aliphatic heterocycles. The van der Waals surface area contributed by atoms with Crippen molar-refractivity contribution < 1.29 is 9.59 Å². The third-order valence-corrected chi connectivity index (χ3v) is 2.85. The van der Waals surface area contributed by atoms with Crippen LogP contribution in [0.25, 0.3) is 0 Å². The lowest BCUT2D eigenvalue weighted by molar-refractivity contribution is -0.136. The number of carbonyl (C=O) groups excluding carboxylic acids is 2. The van der Waals surface area contributed by atoms with Gasteiger partial charge in [-0.2, -0.15) is 0 Å². The molecule has 0 spiro atoms. The average Bonchev–Trinajstić information content (AvgIpc) is 2.22. The van der Waals surface area contributed by atoms with Gasteiger partial charge < -0.3 is 5.73 Å². The van der Waals surface area contributed by atoms with Gasteiger partial charge in [0.1, 0.15) is 0 Å². The Hall–Kier alpha value is -1.59. The molecule has 1 aliphatic rings. The Morgan fingerprint density at radius 1 is 1.29 bits per heavy atom. The minimum Gasteiger partial charge on any atom is -0.399 e. The lowest BCUT2D eigenvalue weighted by atomic mass is 10.1. The highest BCUT2D eigenvalue weighted by atomic mass is 35.5. The molecular weight excluding hydrogens is 242 g/mol. The van der Waals surface area contributed by atoms with Gasteiger partial charge in [0, 0.05) is 17.3 Å². The topological polar surface area (TPSA) is 75.4 Å². The third kappa shape index (κ3) is 2.95. The molecule has 0 unspecified atom stereocenters. The molecule has 0 aliphatic carbocycles. The van der Waals surface area contributed by atoms with E-state index in [2.05, 4.69) is 5.32 Å². The molecule has 0 bridgehead atoms. The molecule has 0 atom stereocenters. The number of hydrogen-bond acceptors (Lipinski definition) is 4. The summed E-state index contributed by atoms with van der Waals surface area (Å²) >= 11 is 6.02. The van der Waals surface area contributed by atoms with Crippen molar-refractivity contribution in [3.63, 3.8) is 0 Å². The van der Waals surface area contributed by atoms with Crippen LogP contribution in [0, 0.1) is 0 Å². The van der Waals surface area contributed by atoms with Crippen molar-refractivity contribution >= 4 is 29.1 Å². The van der Waals surface area contributed by atoms with Gasteiger partial charge >= 0.3 is 0 Å². The average molecular weight is 254 g/mol. The van der Waals surface area contributed by atoms with Crippen LogP contribution in [0.4, 0.5) is 5.69 Å². The maximum Gasteiger partial charge on any atom is 0.240 e. The van der Waals surface area contributed by atoms with Crippen molar-refractivity contribution in [2.75, 3.05) is 18.8 Å². The third-order valence-electron chi connectivity index (χ3n) is 2.48. The maximum absolute atomic E-state index is 11.2. The SMILES string of the molecule is Nc1ccc(Cl)c(CN2CC(=O)NC(=O)C2)c1. The van der Waals surface area contributed by atoms with Gasteiger partial charge in [-0.05, 0) is 23.8 Å². The number of nitrogens with two attached hydrogens (primary N) is 1. The van der Waals surface area contributed by atoms with Crippen molar-refractivity contribution in [1.29, 1.82) is 0 Å². The zero-order valence-corrected chi connectivity index (χ0v) is 9.83. The Bertz CT molecular complexity index is 460. The maximum atomic E-state index is 11.2. The molecule has 5 nitrogen and oxygen atoms in total. The normalized spacial score (nSPS) is 17.0. The molecule has 6 heteroatoms. The van der Waals surface area contributed by atoms with E-state index in [4.69, 9.17) is 17.3 Å². The van der Waals surface area contributed by atoms with Gasteiger partial charge in [0.25, 0.3) is 0 Å². The number of nitrogens with zero attached hydrogens (tertiary/aromatic N) is 1. The largest absolute Gasteiger partial charge is 0.399 e. The predicted octanol–water partition coefficient (Wildman–Crippen LogP) is 0.381. The molecule has 90 valence electrons. The number of hydrogen-bond donors (Lipinski definition) is 2. The number of amides is 2. The zero-order valence-electron chi connectivity index (χ0n) is 9.07. The molecule has 1 saturated heterocycles. The molecule has 1 aromatic rings. The first kappa shape index (κ1) is 11.9. The summed E-state index contributed by atoms with van der Waals surface area (Å²) in [6.07, 6.45) is 0. The van der Waals surface area contributed by atoms with E-state index in [-0.39, 0.29) is 24.9 Å². The van der Waals surface area contributed by atoms with Gasteiger partial charge in [0.15, 0.2) is 0 Å². The monoisotopic (exact) mass is 253 g/mol. The van der Waals surface area contributed by atoms with Crippen molar-refractivity contribution in [2.24, 2.45) is 0 Å². The Morgan fingerprint density at radius 2 is 1.94 bits per heavy atom. The summed E-state index contributed by atoms with van der Waals surface area (Å²) in [6, 6.07) is 5.16. The van der Waals surface area contributed by atoms with Crippen LogP contribution in [0.15, 0.2) is 18.2 Å². The summed E-state index contributed by atoms with van der Waals surface area (Å²) in [4.78, 5) is 24.1. The number of nitrogens with one attached hydrogen (secondary N) is 1. The fourth-order valence-electron chi connectivity index (χ4n) is 1.77. The van der Waals surface area contributed by atoms with Gasteiger partial charge in [-0.25, -0.2) is 0 Å². The van der Waals surface area contributed by atoms with Crippen molar-refractivity contribution in [1.82, 2.24) is 10.2 Å². The van der Waals surface area contributed by atoms with Crippen LogP contribution < -0.4 is 11.1 Å². The number of carbonyl (C=O) groups is 2. The lowest BCUT2D eigenvalue weighted by Gasteiger charge is -2.25. The number of benzene rings is 1. The number of nitrogen functional groups attached to an aromatic ring is 1. The zero-order chi connectivity index (χ0) is 12.4. The first-order chi connectivity index (χ1) is 8.04. The fourth-order valence-corrected chi connectivity index (χ4v) is 1.94. The molecule has 17 heavy (non-hydrogen) atoms. The van der Waals surface area contributed by atoms with Crippen LogP contribution >= 0.6 is 11.6 Å². The number of halogens is 1. The van der Waals surface area contributed by atoms with E-state index in [1.165, 1.54) is 0 Å². The fraction of sp³-hybridized carbons (Fsp3) is 0.273. The Morgan fingerprint density at radius 3 is 2.59 bits per heavy atom. The Kier molecular flexibility index (Phi) is 3.31. The smallest absolute Gasteiger partial charge is 0.240 e. The van der Waals surface area contributed by atoms with Gasteiger partial charge in [-0.1, -0.05) is 11.6 Å². The van der Waals surface area contributed by atoms with Crippen molar-refractivity contribution in [2.45, 2.75) is 6.54 Å². The highest BCUT2D eigenvalue weighted by Gasteiger charge is 2.22. The van der Waals surface area contributed by atoms with Crippen LogP contribution in [-0.2, 0) is 16.1 Å². The summed E-state index contributed by atoms with van der Waals surface area (Å²) in [5.41, 5.74) is 7.09. The summed E-state index contributed by atoms with van der Waals surface area (Å²) in [5.74, 6) is -0.581. The highest BCUT2D eigenvalue weighted by molar-refractivity contribution is 6.31. The Labute approximate surface area is 104 Å². The van der Waals surface area contributed by atoms with Crippen LogP contribution in [0.2, 0.25) is 5.02 Å². The van der Waals surface area contributed by atoms with Gasteiger partial charge in [-0.15, -0.1) is 0 Å². The number of rotatable bonds is 2. The molecule has 3 N–H and O–H groups in total. The van der Waals surface area contributed by atoms with E-state index in [0.717, 1.165) is 5.56 Å². The molecule has 0 radical (unpaired) electrons. The second kappa shape index (κ2) is 4.73. The van der Waals surface area contributed by atoms with Gasteiger partial charge in [0.05, 0.1) is 13.1 Å². The van der Waals surface area contributed by atoms with Gasteiger partial charge in [0.2, 0.25) is 11.8 Å². The second-order valence-electron chi connectivity index (χ2n) is 3.97. The van der Waals surface area contributed by atoms with E-state index in [0.29, 0.717) is 17.3 Å². The second-order valence-corrected chi connectivity index (χ2v) is 4.37. The van der Waals surface area contributed by atoms with Crippen LogP contribution in [0.1, 0.15) is 5.56 Å². The number of imide groups is 1. The van der Waals surface area contributed by atoms with Crippen LogP contribution in [-0.4, -0.2) is 29.8 Å². The lowest BCUT2D eigenvalue weighted by Crippen LogP contribution is -2.50. The van der Waals surface area contributed by atoms with Crippen molar-refractivity contribution in [3.8, 4) is 0 Å². The molecule has 0 aromatic heterocycles. The molecule has 1 fully saturated rings. The first-order valence-corrected chi connectivity index (χ1v) is 5.51. The summed E-state index contributed by atoms with van der Waals surface area (Å²) in [5, 5.41) is 2.82. The Balaban J connectivity index is 2.12. The van der Waals surface area contributed by atoms with Crippen LogP contribution in [0.3, 0.4) is 0 Å². The summed E-state index contributed by atoms with van der Waals surface area (Å²) in [6.45, 7) is 0.816. The van der Waals surface area contributed by atoms with Gasteiger partial charge in [-0.3, -0.25) is 19.8 Å². The quantitative estimate of drug-likeness (QED) is 0.590.